The Morgan fingerprint density at radius 2 is 1.91 bits per heavy atom. The van der Waals surface area contributed by atoms with Crippen molar-refractivity contribution in [3.8, 4) is 17.2 Å². The first-order chi connectivity index (χ1) is 15.4. The van der Waals surface area contributed by atoms with Gasteiger partial charge in [-0.05, 0) is 43.7 Å². The van der Waals surface area contributed by atoms with Gasteiger partial charge < -0.3 is 24.3 Å². The molecule has 0 fully saturated rings. The summed E-state index contributed by atoms with van der Waals surface area (Å²) in [5.74, 6) is 0.403. The van der Waals surface area contributed by atoms with Crippen LogP contribution in [0.3, 0.4) is 0 Å². The highest BCUT2D eigenvalue weighted by molar-refractivity contribution is 6.03. The summed E-state index contributed by atoms with van der Waals surface area (Å²) >= 11 is 0. The van der Waals surface area contributed by atoms with Crippen LogP contribution in [0.2, 0.25) is 0 Å². The van der Waals surface area contributed by atoms with Crippen molar-refractivity contribution in [1.29, 1.82) is 0 Å². The van der Waals surface area contributed by atoms with Crippen molar-refractivity contribution in [3.63, 3.8) is 0 Å². The summed E-state index contributed by atoms with van der Waals surface area (Å²) in [6, 6.07) is 9.37. The number of alkyl halides is 2. The monoisotopic (exact) mass is 446 g/mol. The maximum atomic E-state index is 13.1. The lowest BCUT2D eigenvalue weighted by molar-refractivity contribution is -0.139. The molecule has 8 nitrogen and oxygen atoms in total. The van der Waals surface area contributed by atoms with E-state index in [0.717, 1.165) is 0 Å². The molecule has 168 valence electrons. The second-order valence-corrected chi connectivity index (χ2v) is 6.92. The van der Waals surface area contributed by atoms with Crippen LogP contribution in [0.15, 0.2) is 53.7 Å². The molecule has 32 heavy (non-hydrogen) atoms. The van der Waals surface area contributed by atoms with Gasteiger partial charge in [0.15, 0.2) is 11.5 Å². The number of hydrogen-bond donors (Lipinski definition) is 1. The zero-order chi connectivity index (χ0) is 22.8. The van der Waals surface area contributed by atoms with E-state index in [9.17, 15) is 18.4 Å². The van der Waals surface area contributed by atoms with Gasteiger partial charge in [0.25, 0.3) is 0 Å². The van der Waals surface area contributed by atoms with E-state index in [1.165, 1.54) is 29.2 Å². The number of halogens is 2. The molecule has 2 aliphatic rings. The number of rotatable bonds is 6. The maximum absolute atomic E-state index is 13.1. The molecular formula is C22H20F2N2O6. The Morgan fingerprint density at radius 3 is 2.59 bits per heavy atom. The van der Waals surface area contributed by atoms with Crippen LogP contribution in [-0.4, -0.2) is 32.0 Å². The predicted octanol–water partition coefficient (Wildman–Crippen LogP) is 4.12. The lowest BCUT2D eigenvalue weighted by Crippen LogP contribution is -2.48. The van der Waals surface area contributed by atoms with Gasteiger partial charge in [0.1, 0.15) is 5.75 Å². The summed E-state index contributed by atoms with van der Waals surface area (Å²) in [5.41, 5.74) is 1.56. The molecule has 1 atom stereocenters. The van der Waals surface area contributed by atoms with Gasteiger partial charge in [0, 0.05) is 11.8 Å². The third-order valence-electron chi connectivity index (χ3n) is 5.03. The van der Waals surface area contributed by atoms with Crippen molar-refractivity contribution in [2.45, 2.75) is 26.5 Å². The number of amides is 2. The maximum Gasteiger partial charge on any atom is 0.387 e. The standard InChI is InChI=1S/C22H20F2N2O6/c1-3-29-20(27)18-12(2)26(14-6-9-16-17(10-14)31-11-30-16)22(28)25-19(18)13-4-7-15(8-5-13)32-21(23)24/h4-10,19,21H,3,11H2,1-2H3,(H,25,28)/t19-/m1/s1. The largest absolute Gasteiger partial charge is 0.463 e. The third-order valence-corrected chi connectivity index (χ3v) is 5.03. The first-order valence-electron chi connectivity index (χ1n) is 9.82. The highest BCUT2D eigenvalue weighted by Gasteiger charge is 2.37. The number of nitrogens with one attached hydrogen (secondary N) is 1. The third kappa shape index (κ3) is 4.03. The van der Waals surface area contributed by atoms with Crippen LogP contribution in [0.25, 0.3) is 0 Å². The Balaban J connectivity index is 1.74. The first-order valence-corrected chi connectivity index (χ1v) is 9.82. The fraction of sp³-hybridized carbons (Fsp3) is 0.273. The van der Waals surface area contributed by atoms with Crippen molar-refractivity contribution in [1.82, 2.24) is 5.32 Å². The molecule has 0 unspecified atom stereocenters. The van der Waals surface area contributed by atoms with Gasteiger partial charge in [0.2, 0.25) is 6.79 Å². The summed E-state index contributed by atoms with van der Waals surface area (Å²) in [4.78, 5) is 27.3. The normalized spacial score (nSPS) is 17.5. The highest BCUT2D eigenvalue weighted by atomic mass is 19.3. The van der Waals surface area contributed by atoms with Crippen molar-refractivity contribution in [2.24, 2.45) is 0 Å². The quantitative estimate of drug-likeness (QED) is 0.672. The second kappa shape index (κ2) is 8.74. The van der Waals surface area contributed by atoms with E-state index in [4.69, 9.17) is 14.2 Å². The predicted molar refractivity (Wildman–Crippen MR) is 109 cm³/mol. The van der Waals surface area contributed by atoms with E-state index in [2.05, 4.69) is 10.1 Å². The first kappa shape index (κ1) is 21.4. The van der Waals surface area contributed by atoms with Crippen LogP contribution in [0.1, 0.15) is 25.5 Å². The molecule has 0 radical (unpaired) electrons. The van der Waals surface area contributed by atoms with E-state index in [1.54, 1.807) is 32.0 Å². The van der Waals surface area contributed by atoms with E-state index in [0.29, 0.717) is 28.4 Å². The smallest absolute Gasteiger partial charge is 0.387 e. The average molecular weight is 446 g/mol. The summed E-state index contributed by atoms with van der Waals surface area (Å²) in [6.07, 6.45) is 0. The lowest BCUT2D eigenvalue weighted by atomic mass is 9.94. The SMILES string of the molecule is CCOC(=O)C1=C(C)N(c2ccc3c(c2)OCO3)C(=O)N[C@@H]1c1ccc(OC(F)F)cc1. The summed E-state index contributed by atoms with van der Waals surface area (Å²) in [7, 11) is 0. The highest BCUT2D eigenvalue weighted by Crippen LogP contribution is 2.39. The molecule has 0 bridgehead atoms. The van der Waals surface area contributed by atoms with Gasteiger partial charge in [-0.1, -0.05) is 12.1 Å². The molecule has 2 heterocycles. The molecule has 2 aliphatic heterocycles. The zero-order valence-corrected chi connectivity index (χ0v) is 17.3. The lowest BCUT2D eigenvalue weighted by Gasteiger charge is -2.35. The van der Waals surface area contributed by atoms with Gasteiger partial charge >= 0.3 is 18.6 Å². The fourth-order valence-electron chi connectivity index (χ4n) is 3.64. The number of nitrogens with zero attached hydrogens (tertiary/aromatic N) is 1. The number of anilines is 1. The molecule has 1 N–H and O–H groups in total. The van der Waals surface area contributed by atoms with Crippen molar-refractivity contribution >= 4 is 17.7 Å². The minimum Gasteiger partial charge on any atom is -0.463 e. The van der Waals surface area contributed by atoms with Gasteiger partial charge in [-0.3, -0.25) is 4.90 Å². The van der Waals surface area contributed by atoms with Crippen LogP contribution >= 0.6 is 0 Å². The van der Waals surface area contributed by atoms with Crippen molar-refractivity contribution in [2.75, 3.05) is 18.3 Å². The molecule has 4 rings (SSSR count). The molecule has 10 heteroatoms. The summed E-state index contributed by atoms with van der Waals surface area (Å²) in [5, 5.41) is 2.80. The number of carbonyl (C=O) groups is 2. The Labute approximate surface area is 182 Å². The number of esters is 1. The number of ether oxygens (including phenoxy) is 4. The minimum absolute atomic E-state index is 0.0359. The summed E-state index contributed by atoms with van der Waals surface area (Å²) < 4.78 is 45.2. The van der Waals surface area contributed by atoms with Crippen LogP contribution in [0, 0.1) is 0 Å². The minimum atomic E-state index is -2.96. The Kier molecular flexibility index (Phi) is 5.85. The Bertz CT molecular complexity index is 1070. The van der Waals surface area contributed by atoms with Crippen molar-refractivity contribution in [3.05, 3.63) is 59.3 Å². The molecule has 2 amide bonds. The van der Waals surface area contributed by atoms with E-state index < -0.39 is 24.7 Å². The number of hydrogen-bond acceptors (Lipinski definition) is 6. The molecule has 2 aromatic carbocycles. The number of benzene rings is 2. The molecule has 0 saturated carbocycles. The van der Waals surface area contributed by atoms with Crippen LogP contribution in [0.4, 0.5) is 19.3 Å². The second-order valence-electron chi connectivity index (χ2n) is 6.92. The molecular weight excluding hydrogens is 426 g/mol. The van der Waals surface area contributed by atoms with Crippen LogP contribution in [-0.2, 0) is 9.53 Å². The topological polar surface area (TPSA) is 86.3 Å². The van der Waals surface area contributed by atoms with Crippen LogP contribution < -0.4 is 24.4 Å². The molecule has 0 aromatic heterocycles. The van der Waals surface area contributed by atoms with E-state index >= 15 is 0 Å². The Hall–Kier alpha value is -3.82. The molecule has 0 spiro atoms. The number of carbonyl (C=O) groups excluding carboxylic acids is 2. The zero-order valence-electron chi connectivity index (χ0n) is 17.3. The molecule has 0 aliphatic carbocycles. The number of allylic oxidation sites excluding steroid dienone is 1. The Morgan fingerprint density at radius 1 is 1.19 bits per heavy atom. The average Bonchev–Trinajstić information content (AvgIpc) is 3.21. The van der Waals surface area contributed by atoms with Gasteiger partial charge in [-0.25, -0.2) is 9.59 Å². The molecule has 0 saturated heterocycles. The van der Waals surface area contributed by atoms with Crippen LogP contribution in [0.5, 0.6) is 17.2 Å². The van der Waals surface area contributed by atoms with E-state index in [-0.39, 0.29) is 24.7 Å². The number of fused-ring (bicyclic) bond motifs is 1. The molecule has 2 aromatic rings. The fourth-order valence-corrected chi connectivity index (χ4v) is 3.64. The van der Waals surface area contributed by atoms with Gasteiger partial charge in [0.05, 0.1) is 23.9 Å². The van der Waals surface area contributed by atoms with Gasteiger partial charge in [-0.2, -0.15) is 8.78 Å². The van der Waals surface area contributed by atoms with Crippen molar-refractivity contribution < 1.29 is 37.3 Å². The van der Waals surface area contributed by atoms with Gasteiger partial charge in [-0.15, -0.1) is 0 Å². The number of urea groups is 1. The van der Waals surface area contributed by atoms with E-state index in [1.807, 2.05) is 0 Å². The summed E-state index contributed by atoms with van der Waals surface area (Å²) in [6.45, 7) is 0.582.